The average Bonchev–Trinajstić information content (AvgIpc) is 3.98. The van der Waals surface area contributed by atoms with Crippen LogP contribution >= 0.6 is 0 Å². The molecule has 2 heterocycles. The fourth-order valence-corrected chi connectivity index (χ4v) is 11.0. The Bertz CT molecular complexity index is 2140. The Morgan fingerprint density at radius 3 is 2.70 bits per heavy atom. The van der Waals surface area contributed by atoms with Gasteiger partial charge in [-0.2, -0.15) is 0 Å². The number of aliphatic hydroxyl groups excluding tert-OH is 4. The van der Waals surface area contributed by atoms with E-state index in [2.05, 4.69) is 40.7 Å². The van der Waals surface area contributed by atoms with Gasteiger partial charge in [0, 0.05) is 66.7 Å². The largest absolute Gasteiger partial charge is 0.504 e. The van der Waals surface area contributed by atoms with Gasteiger partial charge in [0.15, 0.2) is 11.5 Å². The van der Waals surface area contributed by atoms with E-state index in [1.165, 1.54) is 24.1 Å². The molecule has 10 nitrogen and oxygen atoms in total. The van der Waals surface area contributed by atoms with Crippen molar-refractivity contribution < 1.29 is 34.7 Å². The minimum atomic E-state index is -0.908. The normalized spacial score (nSPS) is 25.2. The standard InChI is InChI=1S/C51H67N3O7/c1-32(56)28-53-29-43-42-27-44(54-49(42)35-20-22-51(43)21-8-10-38(51)24-35)46(58)31-60-48-23-33(15-19-45(48)57)14-18-40-26-37(30-55)47(61-40)13-5-3-2-4-11-39(52)25-36-17-16-34-9-6-7-12-41(34)50(36)59/h6-7,9,12,15-17,19-20,22-23,26-27,32,35-36,38-39,43,46,50,53-59H,2-5,8,10-11,13-14,18,21,24-25,28-31,52H2,1H3/t32-,35-,36-,38+,39-,43-,46-,50-,51+/m0/s1. The molecular formula is C51H67N3O7. The zero-order valence-electron chi connectivity index (χ0n) is 35.8. The van der Waals surface area contributed by atoms with Crippen LogP contribution in [-0.2, 0) is 25.9 Å². The second-order valence-electron chi connectivity index (χ2n) is 18.5. The summed E-state index contributed by atoms with van der Waals surface area (Å²) in [4.78, 5) is 3.61. The third-order valence-corrected chi connectivity index (χ3v) is 14.3. The Kier molecular flexibility index (Phi) is 13.9. The number of hydrogen-bond acceptors (Lipinski definition) is 9. The third kappa shape index (κ3) is 9.75. The van der Waals surface area contributed by atoms with Crippen LogP contribution < -0.4 is 15.8 Å². The number of furan rings is 1. The summed E-state index contributed by atoms with van der Waals surface area (Å²) in [5, 5.41) is 56.6. The number of hydrogen-bond donors (Lipinski definition) is 8. The van der Waals surface area contributed by atoms with Gasteiger partial charge in [-0.25, -0.2) is 0 Å². The number of benzene rings is 2. The van der Waals surface area contributed by atoms with Crippen molar-refractivity contribution >= 4 is 6.08 Å². The number of fused-ring (bicyclic) bond motifs is 1. The number of aryl methyl sites for hydroxylation is 3. The molecule has 1 saturated carbocycles. The maximum atomic E-state index is 11.4. The number of H-pyrrole nitrogens is 1. The minimum absolute atomic E-state index is 0.0124. The highest BCUT2D eigenvalue weighted by Crippen LogP contribution is 2.62. The summed E-state index contributed by atoms with van der Waals surface area (Å²) in [6.07, 6.45) is 19.9. The van der Waals surface area contributed by atoms with E-state index in [0.29, 0.717) is 37.0 Å². The van der Waals surface area contributed by atoms with Gasteiger partial charge in [-0.3, -0.25) is 0 Å². The van der Waals surface area contributed by atoms with Gasteiger partial charge in [0.2, 0.25) is 0 Å². The van der Waals surface area contributed by atoms with Crippen molar-refractivity contribution in [3.05, 3.63) is 124 Å². The predicted molar refractivity (Wildman–Crippen MR) is 238 cm³/mol. The van der Waals surface area contributed by atoms with Crippen molar-refractivity contribution in [3.8, 4) is 11.5 Å². The number of phenolic OH excluding ortho intramolecular Hbond substituents is 1. The maximum Gasteiger partial charge on any atom is 0.161 e. The van der Waals surface area contributed by atoms with E-state index < -0.39 is 18.3 Å². The van der Waals surface area contributed by atoms with Gasteiger partial charge in [0.25, 0.3) is 0 Å². The number of aromatic hydroxyl groups is 1. The average molecular weight is 834 g/mol. The van der Waals surface area contributed by atoms with Crippen LogP contribution in [0.1, 0.15) is 146 Å². The molecule has 5 aliphatic rings. The molecule has 9 rings (SSSR count). The van der Waals surface area contributed by atoms with E-state index in [-0.39, 0.29) is 42.3 Å². The zero-order chi connectivity index (χ0) is 42.5. The first kappa shape index (κ1) is 43.5. The Morgan fingerprint density at radius 2 is 1.85 bits per heavy atom. The van der Waals surface area contributed by atoms with Crippen LogP contribution in [0.3, 0.4) is 0 Å². The summed E-state index contributed by atoms with van der Waals surface area (Å²) in [6, 6.07) is 17.5. The summed E-state index contributed by atoms with van der Waals surface area (Å²) in [6.45, 7) is 3.05. The smallest absolute Gasteiger partial charge is 0.161 e. The Hall–Kier alpha value is -4.16. The lowest BCUT2D eigenvalue weighted by atomic mass is 9.64. The number of rotatable bonds is 21. The summed E-state index contributed by atoms with van der Waals surface area (Å²) in [5.74, 6) is 3.23. The van der Waals surface area contributed by atoms with Gasteiger partial charge in [-0.1, -0.05) is 80.3 Å². The molecular weight excluding hydrogens is 767 g/mol. The Morgan fingerprint density at radius 1 is 1.00 bits per heavy atom. The summed E-state index contributed by atoms with van der Waals surface area (Å²) < 4.78 is 12.3. The van der Waals surface area contributed by atoms with Crippen LogP contribution in [0.5, 0.6) is 11.5 Å². The summed E-state index contributed by atoms with van der Waals surface area (Å²) in [5.41, 5.74) is 13.6. The van der Waals surface area contributed by atoms with Gasteiger partial charge in [0.1, 0.15) is 24.2 Å². The molecule has 0 aliphatic heterocycles. The van der Waals surface area contributed by atoms with Crippen molar-refractivity contribution in [2.75, 3.05) is 19.7 Å². The molecule has 4 aromatic rings. The van der Waals surface area contributed by atoms with Gasteiger partial charge in [-0.15, -0.1) is 0 Å². The topological polar surface area (TPSA) is 177 Å². The second kappa shape index (κ2) is 19.5. The van der Waals surface area contributed by atoms with Crippen molar-refractivity contribution in [2.45, 2.75) is 133 Å². The summed E-state index contributed by atoms with van der Waals surface area (Å²) in [7, 11) is 0. The first-order chi connectivity index (χ1) is 29.6. The van der Waals surface area contributed by atoms with Crippen LogP contribution in [0.15, 0.2) is 77.2 Å². The van der Waals surface area contributed by atoms with E-state index in [1.807, 2.05) is 49.4 Å². The number of aromatic nitrogens is 1. The van der Waals surface area contributed by atoms with E-state index in [4.69, 9.17) is 14.9 Å². The van der Waals surface area contributed by atoms with Crippen LogP contribution in [0, 0.1) is 17.3 Å². The number of unbranched alkanes of at least 4 members (excludes halogenated alkanes) is 3. The molecule has 0 radical (unpaired) electrons. The molecule has 9 atom stereocenters. The first-order valence-corrected chi connectivity index (χ1v) is 23.0. The van der Waals surface area contributed by atoms with Crippen molar-refractivity contribution in [1.29, 1.82) is 0 Å². The number of aromatic amines is 1. The molecule has 2 aromatic carbocycles. The van der Waals surface area contributed by atoms with Crippen molar-refractivity contribution in [1.82, 2.24) is 10.3 Å². The molecule has 0 unspecified atom stereocenters. The second-order valence-corrected chi connectivity index (χ2v) is 18.5. The van der Waals surface area contributed by atoms with Crippen LogP contribution in [-0.4, -0.2) is 62.4 Å². The van der Waals surface area contributed by atoms with Crippen LogP contribution in [0.2, 0.25) is 0 Å². The molecule has 0 saturated heterocycles. The fraction of sp³-hybridized carbons (Fsp3) is 0.529. The van der Waals surface area contributed by atoms with Gasteiger partial charge in [-0.05, 0) is 110 Å². The lowest BCUT2D eigenvalue weighted by molar-refractivity contribution is 0.103. The highest BCUT2D eigenvalue weighted by molar-refractivity contribution is 5.57. The number of phenols is 1. The Labute approximate surface area is 360 Å². The van der Waals surface area contributed by atoms with E-state index in [1.54, 1.807) is 6.07 Å². The summed E-state index contributed by atoms with van der Waals surface area (Å²) >= 11 is 0. The quantitative estimate of drug-likeness (QED) is 0.0304. The van der Waals surface area contributed by atoms with E-state index in [9.17, 15) is 25.5 Å². The highest BCUT2D eigenvalue weighted by atomic mass is 16.5. The number of nitrogens with one attached hydrogen (secondary N) is 2. The number of allylic oxidation sites excluding steroid dienone is 2. The molecule has 2 aromatic heterocycles. The zero-order valence-corrected chi connectivity index (χ0v) is 35.8. The number of nitrogens with two attached hydrogens (primary N) is 1. The molecule has 5 aliphatic carbocycles. The van der Waals surface area contributed by atoms with Crippen molar-refractivity contribution in [2.24, 2.45) is 23.0 Å². The lowest BCUT2D eigenvalue weighted by Crippen LogP contribution is -2.39. The maximum absolute atomic E-state index is 11.4. The van der Waals surface area contributed by atoms with Gasteiger partial charge in [0.05, 0.1) is 18.8 Å². The van der Waals surface area contributed by atoms with Crippen LogP contribution in [0.4, 0.5) is 0 Å². The molecule has 61 heavy (non-hydrogen) atoms. The molecule has 2 bridgehead atoms. The fourth-order valence-electron chi connectivity index (χ4n) is 11.0. The molecule has 0 amide bonds. The van der Waals surface area contributed by atoms with Crippen LogP contribution in [0.25, 0.3) is 6.08 Å². The SMILES string of the molecule is C[C@H](O)CNC[C@H]1c2cc([C@@H](O)COc3cc(CCc4cc(CO)c(CCCCCC[C@H](N)C[C@@H]5C=Cc6ccccc6[C@H]5O)o4)ccc3O)[nH]c2[C@H]2C=C[C@@]13CCC[C@@H]3C2. The van der Waals surface area contributed by atoms with Crippen molar-refractivity contribution in [3.63, 3.8) is 0 Å². The highest BCUT2D eigenvalue weighted by Gasteiger charge is 2.53. The lowest BCUT2D eigenvalue weighted by Gasteiger charge is -2.41. The molecule has 9 N–H and O–H groups in total. The number of ether oxygens (including phenoxy) is 1. The first-order valence-electron chi connectivity index (χ1n) is 23.0. The van der Waals surface area contributed by atoms with Gasteiger partial charge >= 0.3 is 0 Å². The predicted octanol–water partition coefficient (Wildman–Crippen LogP) is 8.19. The monoisotopic (exact) mass is 833 g/mol. The van der Waals surface area contributed by atoms with E-state index in [0.717, 1.165) is 104 Å². The third-order valence-electron chi connectivity index (χ3n) is 14.3. The minimum Gasteiger partial charge on any atom is -0.504 e. The molecule has 1 spiro atoms. The van der Waals surface area contributed by atoms with E-state index >= 15 is 0 Å². The Balaban J connectivity index is 0.798. The molecule has 328 valence electrons. The molecule has 1 fully saturated rings. The van der Waals surface area contributed by atoms with Gasteiger partial charge < -0.3 is 50.7 Å². The molecule has 10 heteroatoms. The number of aliphatic hydroxyl groups is 4.